The standard InChI is InChI=1S/C9H9NO3/c1-11-7-3-8(12-2)5-9(4-7)13-6-10/h3-5H,1-2H3. The number of hydrogen-bond donors (Lipinski definition) is 0. The molecule has 1 aromatic carbocycles. The lowest BCUT2D eigenvalue weighted by molar-refractivity contribution is 0.388. The first kappa shape index (κ1) is 9.20. The molecule has 0 aliphatic rings. The molecule has 0 saturated carbocycles. The molecule has 0 aliphatic heterocycles. The van der Waals surface area contributed by atoms with Gasteiger partial charge in [0.2, 0.25) is 0 Å². The van der Waals surface area contributed by atoms with Crippen LogP contribution in [0.1, 0.15) is 0 Å². The van der Waals surface area contributed by atoms with Crippen LogP contribution in [0.2, 0.25) is 0 Å². The van der Waals surface area contributed by atoms with Crippen molar-refractivity contribution in [2.24, 2.45) is 0 Å². The van der Waals surface area contributed by atoms with Crippen molar-refractivity contribution < 1.29 is 14.2 Å². The molecule has 0 spiro atoms. The fraction of sp³-hybridized carbons (Fsp3) is 0.222. The van der Waals surface area contributed by atoms with Gasteiger partial charge in [0.05, 0.1) is 14.2 Å². The summed E-state index contributed by atoms with van der Waals surface area (Å²) in [5, 5.41) is 8.29. The van der Waals surface area contributed by atoms with Crippen LogP contribution in [0.3, 0.4) is 0 Å². The van der Waals surface area contributed by atoms with E-state index < -0.39 is 0 Å². The zero-order valence-electron chi connectivity index (χ0n) is 7.40. The van der Waals surface area contributed by atoms with Crippen LogP contribution in [-0.2, 0) is 0 Å². The highest BCUT2D eigenvalue weighted by Crippen LogP contribution is 2.26. The zero-order chi connectivity index (χ0) is 9.68. The highest BCUT2D eigenvalue weighted by Gasteiger charge is 2.01. The van der Waals surface area contributed by atoms with Crippen molar-refractivity contribution >= 4 is 0 Å². The van der Waals surface area contributed by atoms with E-state index in [-0.39, 0.29) is 0 Å². The van der Waals surface area contributed by atoms with Crippen molar-refractivity contribution in [2.45, 2.75) is 0 Å². The largest absolute Gasteiger partial charge is 0.496 e. The molecule has 0 fully saturated rings. The number of rotatable bonds is 3. The van der Waals surface area contributed by atoms with Crippen molar-refractivity contribution in [3.63, 3.8) is 0 Å². The highest BCUT2D eigenvalue weighted by atomic mass is 16.5. The van der Waals surface area contributed by atoms with E-state index in [0.29, 0.717) is 17.2 Å². The number of benzene rings is 1. The molecule has 4 nitrogen and oxygen atoms in total. The second-order valence-corrected chi connectivity index (χ2v) is 2.24. The molecular formula is C9H9NO3. The minimum atomic E-state index is 0.402. The number of hydrogen-bond acceptors (Lipinski definition) is 4. The fourth-order valence-corrected chi connectivity index (χ4v) is 0.893. The van der Waals surface area contributed by atoms with Crippen LogP contribution in [0.15, 0.2) is 18.2 Å². The summed E-state index contributed by atoms with van der Waals surface area (Å²) in [5.74, 6) is 1.58. The van der Waals surface area contributed by atoms with Gasteiger partial charge in [-0.2, -0.15) is 0 Å². The summed E-state index contributed by atoms with van der Waals surface area (Å²) >= 11 is 0. The third-order valence-electron chi connectivity index (χ3n) is 1.49. The summed E-state index contributed by atoms with van der Waals surface area (Å²) in [6.07, 6.45) is 1.58. The van der Waals surface area contributed by atoms with Crippen molar-refractivity contribution in [1.82, 2.24) is 0 Å². The Balaban J connectivity index is 3.01. The molecule has 0 aromatic heterocycles. The normalized spacial score (nSPS) is 8.69. The summed E-state index contributed by atoms with van der Waals surface area (Å²) in [6, 6.07) is 4.90. The molecule has 0 N–H and O–H groups in total. The van der Waals surface area contributed by atoms with E-state index >= 15 is 0 Å². The lowest BCUT2D eigenvalue weighted by Crippen LogP contribution is -1.89. The molecule has 0 aliphatic carbocycles. The van der Waals surface area contributed by atoms with E-state index in [1.807, 2.05) is 0 Å². The van der Waals surface area contributed by atoms with Crippen molar-refractivity contribution in [3.8, 4) is 23.5 Å². The van der Waals surface area contributed by atoms with Crippen LogP contribution in [0.5, 0.6) is 17.2 Å². The van der Waals surface area contributed by atoms with Gasteiger partial charge in [-0.3, -0.25) is 0 Å². The van der Waals surface area contributed by atoms with Gasteiger partial charge >= 0.3 is 0 Å². The zero-order valence-corrected chi connectivity index (χ0v) is 7.40. The van der Waals surface area contributed by atoms with E-state index in [1.54, 1.807) is 24.5 Å². The molecule has 1 aromatic rings. The van der Waals surface area contributed by atoms with Crippen LogP contribution < -0.4 is 14.2 Å². The van der Waals surface area contributed by atoms with Crippen LogP contribution in [0, 0.1) is 11.5 Å². The van der Waals surface area contributed by atoms with Gasteiger partial charge in [-0.25, -0.2) is 0 Å². The molecule has 13 heavy (non-hydrogen) atoms. The Morgan fingerprint density at radius 2 is 1.46 bits per heavy atom. The van der Waals surface area contributed by atoms with Crippen LogP contribution >= 0.6 is 0 Å². The van der Waals surface area contributed by atoms with E-state index in [2.05, 4.69) is 4.74 Å². The predicted molar refractivity (Wildman–Crippen MR) is 45.8 cm³/mol. The molecule has 0 amide bonds. The average Bonchev–Trinajstić information content (AvgIpc) is 2.17. The maximum atomic E-state index is 8.29. The summed E-state index contributed by atoms with van der Waals surface area (Å²) in [7, 11) is 3.07. The molecule has 0 saturated heterocycles. The van der Waals surface area contributed by atoms with Crippen LogP contribution in [0.4, 0.5) is 0 Å². The van der Waals surface area contributed by atoms with Gasteiger partial charge in [0.15, 0.2) is 0 Å². The SMILES string of the molecule is COc1cc(OC)cc(OC#N)c1. The molecule has 0 unspecified atom stereocenters. The van der Waals surface area contributed by atoms with Gasteiger partial charge in [0, 0.05) is 18.2 Å². The van der Waals surface area contributed by atoms with Crippen molar-refractivity contribution in [3.05, 3.63) is 18.2 Å². The Morgan fingerprint density at radius 3 is 1.85 bits per heavy atom. The Bertz CT molecular complexity index is 308. The lowest BCUT2D eigenvalue weighted by Gasteiger charge is -2.05. The second-order valence-electron chi connectivity index (χ2n) is 2.24. The molecule has 0 heterocycles. The summed E-state index contributed by atoms with van der Waals surface area (Å²) in [4.78, 5) is 0. The minimum absolute atomic E-state index is 0.402. The van der Waals surface area contributed by atoms with E-state index in [4.69, 9.17) is 14.7 Å². The van der Waals surface area contributed by atoms with E-state index in [9.17, 15) is 0 Å². The first-order valence-electron chi connectivity index (χ1n) is 3.59. The molecule has 1 rings (SSSR count). The first-order valence-corrected chi connectivity index (χ1v) is 3.59. The van der Waals surface area contributed by atoms with Gasteiger partial charge in [-0.1, -0.05) is 0 Å². The summed E-state index contributed by atoms with van der Waals surface area (Å²) < 4.78 is 14.6. The smallest absolute Gasteiger partial charge is 0.292 e. The third kappa shape index (κ3) is 2.27. The number of nitrogens with zero attached hydrogens (tertiary/aromatic N) is 1. The van der Waals surface area contributed by atoms with Gasteiger partial charge in [0.25, 0.3) is 6.26 Å². The summed E-state index contributed by atoms with van der Waals surface area (Å²) in [5.41, 5.74) is 0. The molecule has 68 valence electrons. The minimum Gasteiger partial charge on any atom is -0.496 e. The Kier molecular flexibility index (Phi) is 2.98. The van der Waals surface area contributed by atoms with Gasteiger partial charge in [0.1, 0.15) is 17.2 Å². The second kappa shape index (κ2) is 4.21. The Hall–Kier alpha value is -1.89. The maximum absolute atomic E-state index is 8.29. The molecule has 4 heteroatoms. The first-order chi connectivity index (χ1) is 6.30. The predicted octanol–water partition coefficient (Wildman–Crippen LogP) is 1.56. The average molecular weight is 179 g/mol. The monoisotopic (exact) mass is 179 g/mol. The van der Waals surface area contributed by atoms with Gasteiger partial charge in [-0.05, 0) is 0 Å². The number of ether oxygens (including phenoxy) is 3. The van der Waals surface area contributed by atoms with Crippen LogP contribution in [-0.4, -0.2) is 14.2 Å². The molecular weight excluding hydrogens is 170 g/mol. The topological polar surface area (TPSA) is 51.5 Å². The van der Waals surface area contributed by atoms with Gasteiger partial charge in [-0.15, -0.1) is 5.26 Å². The summed E-state index contributed by atoms with van der Waals surface area (Å²) in [6.45, 7) is 0. The number of nitriles is 1. The van der Waals surface area contributed by atoms with Crippen molar-refractivity contribution in [1.29, 1.82) is 5.26 Å². The Labute approximate surface area is 76.3 Å². The van der Waals surface area contributed by atoms with Crippen LogP contribution in [0.25, 0.3) is 0 Å². The fourth-order valence-electron chi connectivity index (χ4n) is 0.893. The van der Waals surface area contributed by atoms with E-state index in [1.165, 1.54) is 14.2 Å². The molecule has 0 atom stereocenters. The van der Waals surface area contributed by atoms with E-state index in [0.717, 1.165) is 0 Å². The Morgan fingerprint density at radius 1 is 1.00 bits per heavy atom. The molecule has 0 radical (unpaired) electrons. The quantitative estimate of drug-likeness (QED) is 0.661. The van der Waals surface area contributed by atoms with Gasteiger partial charge < -0.3 is 14.2 Å². The third-order valence-corrected chi connectivity index (χ3v) is 1.49. The maximum Gasteiger partial charge on any atom is 0.292 e. The lowest BCUT2D eigenvalue weighted by atomic mass is 10.3. The molecule has 0 bridgehead atoms. The number of methoxy groups -OCH3 is 2. The van der Waals surface area contributed by atoms with Crippen molar-refractivity contribution in [2.75, 3.05) is 14.2 Å². The highest BCUT2D eigenvalue weighted by molar-refractivity contribution is 5.42.